The van der Waals surface area contributed by atoms with Crippen LogP contribution < -0.4 is 21.7 Å². The van der Waals surface area contributed by atoms with E-state index in [-0.39, 0.29) is 18.1 Å². The number of thiol groups is 1. The predicted molar refractivity (Wildman–Crippen MR) is 134 cm³/mol. The van der Waals surface area contributed by atoms with Gasteiger partial charge >= 0.3 is 5.97 Å². The number of aliphatic hydroxyl groups is 1. The third-order valence-electron chi connectivity index (χ3n) is 5.86. The van der Waals surface area contributed by atoms with Crippen LogP contribution in [-0.2, 0) is 25.6 Å². The first-order valence-corrected chi connectivity index (χ1v) is 11.9. The smallest absolute Gasteiger partial charge is 0.328 e. The molecule has 0 aliphatic heterocycles. The van der Waals surface area contributed by atoms with Crippen LogP contribution in [0.3, 0.4) is 0 Å². The number of aromatic nitrogens is 1. The molecule has 0 saturated heterocycles. The van der Waals surface area contributed by atoms with Crippen LogP contribution in [0.4, 0.5) is 0 Å². The highest BCUT2D eigenvalue weighted by molar-refractivity contribution is 7.80. The number of rotatable bonds is 13. The van der Waals surface area contributed by atoms with Gasteiger partial charge < -0.3 is 36.9 Å². The lowest BCUT2D eigenvalue weighted by atomic mass is 9.97. The van der Waals surface area contributed by atoms with Crippen molar-refractivity contribution in [2.24, 2.45) is 11.7 Å². The zero-order valence-electron chi connectivity index (χ0n) is 19.7. The van der Waals surface area contributed by atoms with Crippen LogP contribution in [0.2, 0.25) is 0 Å². The van der Waals surface area contributed by atoms with Gasteiger partial charge in [0.2, 0.25) is 17.7 Å². The van der Waals surface area contributed by atoms with Gasteiger partial charge in [-0.3, -0.25) is 14.4 Å². The number of hydrogen-bond acceptors (Lipinski definition) is 7. The largest absolute Gasteiger partial charge is 0.480 e. The number of benzene rings is 1. The lowest BCUT2D eigenvalue weighted by Crippen LogP contribution is -2.59. The van der Waals surface area contributed by atoms with E-state index in [1.54, 1.807) is 20.0 Å². The van der Waals surface area contributed by atoms with Crippen molar-refractivity contribution in [3.8, 4) is 0 Å². The molecule has 0 spiro atoms. The van der Waals surface area contributed by atoms with Crippen molar-refractivity contribution in [3.63, 3.8) is 0 Å². The molecule has 0 fully saturated rings. The number of aromatic amines is 1. The number of H-pyrrole nitrogens is 1. The number of nitrogens with one attached hydrogen (secondary N) is 4. The molecule has 2 rings (SSSR count). The summed E-state index contributed by atoms with van der Waals surface area (Å²) in [4.78, 5) is 52.5. The molecule has 1 aromatic heterocycles. The maximum Gasteiger partial charge on any atom is 0.328 e. The van der Waals surface area contributed by atoms with E-state index in [1.165, 1.54) is 0 Å². The fourth-order valence-corrected chi connectivity index (χ4v) is 3.76. The number of carboxylic acid groups (broad SMARTS) is 1. The Bertz CT molecular complexity index is 1040. The number of fused-ring (bicyclic) bond motifs is 1. The minimum Gasteiger partial charge on any atom is -0.480 e. The molecule has 0 radical (unpaired) electrons. The first-order chi connectivity index (χ1) is 16.6. The fraction of sp³-hybridized carbons (Fsp3) is 0.478. The van der Waals surface area contributed by atoms with Crippen LogP contribution in [0.1, 0.15) is 25.8 Å². The highest BCUT2D eigenvalue weighted by Gasteiger charge is 2.32. The van der Waals surface area contributed by atoms with Gasteiger partial charge in [0.15, 0.2) is 0 Å². The summed E-state index contributed by atoms with van der Waals surface area (Å²) in [5, 5.41) is 26.5. The van der Waals surface area contributed by atoms with Crippen molar-refractivity contribution < 1.29 is 29.4 Å². The Balaban J connectivity index is 2.05. The third-order valence-corrected chi connectivity index (χ3v) is 6.22. The Morgan fingerprint density at radius 2 is 1.71 bits per heavy atom. The SMILES string of the molecule is CCC(C)C(NC(=O)C(CS)NC(=O)C(N)Cc1c[nH]c2ccccc12)C(=O)NC(CO)C(=O)O. The summed E-state index contributed by atoms with van der Waals surface area (Å²) in [7, 11) is 0. The first-order valence-electron chi connectivity index (χ1n) is 11.3. The Morgan fingerprint density at radius 3 is 2.31 bits per heavy atom. The van der Waals surface area contributed by atoms with Crippen LogP contribution in [-0.4, -0.2) is 75.4 Å². The average molecular weight is 508 g/mol. The molecule has 0 bridgehead atoms. The van der Waals surface area contributed by atoms with Crippen LogP contribution in [0.15, 0.2) is 30.5 Å². The molecule has 3 amide bonds. The molecule has 2 aromatic rings. The molecular formula is C23H33N5O6S. The van der Waals surface area contributed by atoms with Crippen molar-refractivity contribution >= 4 is 47.2 Å². The van der Waals surface area contributed by atoms with Crippen LogP contribution >= 0.6 is 12.6 Å². The van der Waals surface area contributed by atoms with Crippen molar-refractivity contribution in [3.05, 3.63) is 36.0 Å². The second kappa shape index (κ2) is 13.1. The van der Waals surface area contributed by atoms with Gasteiger partial charge in [-0.05, 0) is 24.0 Å². The fourth-order valence-electron chi connectivity index (χ4n) is 3.51. The van der Waals surface area contributed by atoms with Gasteiger partial charge in [-0.2, -0.15) is 12.6 Å². The highest BCUT2D eigenvalue weighted by atomic mass is 32.1. The molecule has 12 heteroatoms. The number of carbonyl (C=O) groups excluding carboxylic acids is 3. The number of aliphatic carboxylic acids is 1. The summed E-state index contributed by atoms with van der Waals surface area (Å²) in [5.74, 6) is -3.79. The number of amides is 3. The number of hydrogen-bond donors (Lipinski definition) is 8. The summed E-state index contributed by atoms with van der Waals surface area (Å²) < 4.78 is 0. The normalized spacial score (nSPS) is 15.5. The summed E-state index contributed by atoms with van der Waals surface area (Å²) in [6.45, 7) is 2.72. The Morgan fingerprint density at radius 1 is 1.06 bits per heavy atom. The molecule has 1 aromatic carbocycles. The van der Waals surface area contributed by atoms with E-state index in [1.807, 2.05) is 24.3 Å². The van der Waals surface area contributed by atoms with Gasteiger partial charge in [0, 0.05) is 22.9 Å². The number of para-hydroxylation sites is 1. The average Bonchev–Trinajstić information content (AvgIpc) is 3.25. The molecule has 0 aliphatic carbocycles. The monoisotopic (exact) mass is 507 g/mol. The van der Waals surface area contributed by atoms with E-state index in [9.17, 15) is 24.3 Å². The van der Waals surface area contributed by atoms with Crippen LogP contribution in [0.5, 0.6) is 0 Å². The van der Waals surface area contributed by atoms with E-state index in [2.05, 4.69) is 33.6 Å². The van der Waals surface area contributed by atoms with Crippen LogP contribution in [0.25, 0.3) is 10.9 Å². The van der Waals surface area contributed by atoms with Gasteiger partial charge in [-0.1, -0.05) is 38.5 Å². The lowest BCUT2D eigenvalue weighted by molar-refractivity contribution is -0.143. The van der Waals surface area contributed by atoms with Crippen molar-refractivity contribution in [1.29, 1.82) is 0 Å². The molecule has 0 aliphatic rings. The van der Waals surface area contributed by atoms with Gasteiger partial charge in [-0.15, -0.1) is 0 Å². The quantitative estimate of drug-likeness (QED) is 0.169. The van der Waals surface area contributed by atoms with Crippen LogP contribution in [0, 0.1) is 5.92 Å². The minimum absolute atomic E-state index is 0.0549. The molecule has 8 N–H and O–H groups in total. The Hall–Kier alpha value is -3.09. The van der Waals surface area contributed by atoms with E-state index in [0.717, 1.165) is 16.5 Å². The highest BCUT2D eigenvalue weighted by Crippen LogP contribution is 2.18. The van der Waals surface area contributed by atoms with E-state index >= 15 is 0 Å². The molecule has 5 atom stereocenters. The number of carboxylic acids is 1. The second-order valence-electron chi connectivity index (χ2n) is 8.37. The van der Waals surface area contributed by atoms with E-state index in [0.29, 0.717) is 6.42 Å². The lowest BCUT2D eigenvalue weighted by Gasteiger charge is -2.27. The van der Waals surface area contributed by atoms with Gasteiger partial charge in [-0.25, -0.2) is 4.79 Å². The maximum absolute atomic E-state index is 12.9. The molecule has 192 valence electrons. The van der Waals surface area contributed by atoms with Gasteiger partial charge in [0.1, 0.15) is 18.1 Å². The number of nitrogens with two attached hydrogens (primary N) is 1. The molecule has 5 unspecified atom stereocenters. The van der Waals surface area contributed by atoms with Crippen molar-refractivity contribution in [2.45, 2.75) is 50.9 Å². The molecule has 0 saturated carbocycles. The zero-order valence-corrected chi connectivity index (χ0v) is 20.5. The van der Waals surface area contributed by atoms with Gasteiger partial charge in [0.05, 0.1) is 12.6 Å². The second-order valence-corrected chi connectivity index (χ2v) is 8.73. The summed E-state index contributed by atoms with van der Waals surface area (Å²) in [6.07, 6.45) is 2.53. The topological polar surface area (TPSA) is 187 Å². The zero-order chi connectivity index (χ0) is 26.1. The third kappa shape index (κ3) is 7.44. The van der Waals surface area contributed by atoms with Crippen molar-refractivity contribution in [2.75, 3.05) is 12.4 Å². The standard InChI is InChI=1S/C23H33N5O6S/c1-3-12(2)19(22(32)26-17(10-29)23(33)34)28-21(31)18(11-35)27-20(30)15(24)8-13-9-25-16-7-5-4-6-14(13)16/h4-7,9,12,15,17-19,25,29,35H,3,8,10-11,24H2,1-2H3,(H,26,32)(H,27,30)(H,28,31)(H,33,34). The molecular weight excluding hydrogens is 474 g/mol. The summed E-state index contributed by atoms with van der Waals surface area (Å²) in [5.41, 5.74) is 7.88. The molecule has 11 nitrogen and oxygen atoms in total. The Labute approximate surface area is 208 Å². The number of carbonyl (C=O) groups is 4. The minimum atomic E-state index is -1.51. The molecule has 1 heterocycles. The maximum atomic E-state index is 12.9. The van der Waals surface area contributed by atoms with Crippen molar-refractivity contribution in [1.82, 2.24) is 20.9 Å². The number of aliphatic hydroxyl groups excluding tert-OH is 1. The van der Waals surface area contributed by atoms with E-state index < -0.39 is 54.5 Å². The first kappa shape index (κ1) is 28.1. The van der Waals surface area contributed by atoms with E-state index in [4.69, 9.17) is 10.8 Å². The van der Waals surface area contributed by atoms with Gasteiger partial charge in [0.25, 0.3) is 0 Å². The Kier molecular flexibility index (Phi) is 10.6. The predicted octanol–water partition coefficient (Wildman–Crippen LogP) is -0.455. The summed E-state index contributed by atoms with van der Waals surface area (Å²) in [6, 6.07) is 3.01. The summed E-state index contributed by atoms with van der Waals surface area (Å²) >= 11 is 4.15. The molecule has 35 heavy (non-hydrogen) atoms.